The van der Waals surface area contributed by atoms with Gasteiger partial charge in [0.2, 0.25) is 0 Å². The second-order valence-corrected chi connectivity index (χ2v) is 6.52. The lowest BCUT2D eigenvalue weighted by molar-refractivity contribution is 0.102. The number of aromatic nitrogens is 3. The summed E-state index contributed by atoms with van der Waals surface area (Å²) in [6.07, 6.45) is 6.69. The number of hydrogen-bond acceptors (Lipinski definition) is 6. The van der Waals surface area contributed by atoms with Crippen molar-refractivity contribution in [2.24, 2.45) is 0 Å². The van der Waals surface area contributed by atoms with Crippen molar-refractivity contribution in [2.45, 2.75) is 0 Å². The van der Waals surface area contributed by atoms with E-state index in [1.54, 1.807) is 36.9 Å². The molecule has 0 spiro atoms. The number of pyridine rings is 2. The van der Waals surface area contributed by atoms with Gasteiger partial charge in [0.25, 0.3) is 5.91 Å². The topological polar surface area (TPSA) is 79.8 Å². The maximum Gasteiger partial charge on any atom is 0.255 e. The van der Waals surface area contributed by atoms with Crippen LogP contribution < -0.4 is 10.6 Å². The Morgan fingerprint density at radius 1 is 0.815 bits per heavy atom. The average Bonchev–Trinajstić information content (AvgIpc) is 3.19. The molecular weight excluding hydrogens is 358 g/mol. The highest BCUT2D eigenvalue weighted by atomic mass is 32.1. The number of amides is 1. The van der Waals surface area contributed by atoms with Crippen molar-refractivity contribution in [3.63, 3.8) is 0 Å². The Morgan fingerprint density at radius 3 is 2.15 bits per heavy atom. The van der Waals surface area contributed by atoms with Gasteiger partial charge in [-0.1, -0.05) is 0 Å². The number of carbonyl (C=O) groups is 1. The van der Waals surface area contributed by atoms with E-state index in [-0.39, 0.29) is 5.91 Å². The molecular formula is C20H15N5OS. The molecule has 0 saturated heterocycles. The Labute approximate surface area is 160 Å². The third-order valence-corrected chi connectivity index (χ3v) is 4.57. The summed E-state index contributed by atoms with van der Waals surface area (Å²) in [6.45, 7) is 0. The molecule has 1 aromatic carbocycles. The van der Waals surface area contributed by atoms with Crippen LogP contribution in [0.5, 0.6) is 0 Å². The standard InChI is InChI=1S/C20H15N5OS/c26-19(15-7-11-22-12-8-15)23-16-1-3-17(4-2-16)24-20-25-18(13-27-20)14-5-9-21-10-6-14/h1-13H,(H,23,26)(H,24,25). The molecule has 3 aromatic heterocycles. The smallest absolute Gasteiger partial charge is 0.255 e. The fourth-order valence-electron chi connectivity index (χ4n) is 2.45. The van der Waals surface area contributed by atoms with E-state index in [9.17, 15) is 4.79 Å². The molecule has 0 fully saturated rings. The molecule has 2 N–H and O–H groups in total. The van der Waals surface area contributed by atoms with Crippen molar-refractivity contribution in [3.05, 3.63) is 84.3 Å². The van der Waals surface area contributed by atoms with E-state index in [0.717, 1.165) is 27.8 Å². The van der Waals surface area contributed by atoms with Gasteiger partial charge in [-0.2, -0.15) is 0 Å². The van der Waals surface area contributed by atoms with E-state index < -0.39 is 0 Å². The number of nitrogens with zero attached hydrogens (tertiary/aromatic N) is 3. The van der Waals surface area contributed by atoms with E-state index in [4.69, 9.17) is 0 Å². The van der Waals surface area contributed by atoms with Crippen LogP contribution in [0.2, 0.25) is 0 Å². The fraction of sp³-hybridized carbons (Fsp3) is 0. The summed E-state index contributed by atoms with van der Waals surface area (Å²) in [5, 5.41) is 8.94. The molecule has 6 nitrogen and oxygen atoms in total. The monoisotopic (exact) mass is 373 g/mol. The average molecular weight is 373 g/mol. The molecule has 4 rings (SSSR count). The summed E-state index contributed by atoms with van der Waals surface area (Å²) in [6, 6.07) is 14.7. The molecule has 0 bridgehead atoms. The normalized spacial score (nSPS) is 10.4. The van der Waals surface area contributed by atoms with Crippen LogP contribution in [0.15, 0.2) is 78.7 Å². The second kappa shape index (κ2) is 7.76. The highest BCUT2D eigenvalue weighted by Crippen LogP contribution is 2.27. The predicted octanol–water partition coefficient (Wildman–Crippen LogP) is 4.60. The molecule has 27 heavy (non-hydrogen) atoms. The van der Waals surface area contributed by atoms with Crippen LogP contribution in [0.3, 0.4) is 0 Å². The Bertz CT molecular complexity index is 1030. The lowest BCUT2D eigenvalue weighted by Crippen LogP contribution is -2.11. The van der Waals surface area contributed by atoms with Gasteiger partial charge in [-0.25, -0.2) is 4.98 Å². The van der Waals surface area contributed by atoms with Gasteiger partial charge in [0.1, 0.15) is 0 Å². The molecule has 0 atom stereocenters. The van der Waals surface area contributed by atoms with Gasteiger partial charge in [-0.15, -0.1) is 11.3 Å². The van der Waals surface area contributed by atoms with Gasteiger partial charge < -0.3 is 10.6 Å². The van der Waals surface area contributed by atoms with E-state index in [1.807, 2.05) is 41.8 Å². The van der Waals surface area contributed by atoms with Gasteiger partial charge >= 0.3 is 0 Å². The first kappa shape index (κ1) is 16.9. The van der Waals surface area contributed by atoms with Gasteiger partial charge in [0.05, 0.1) is 5.69 Å². The van der Waals surface area contributed by atoms with Gasteiger partial charge in [-0.05, 0) is 48.5 Å². The quantitative estimate of drug-likeness (QED) is 0.535. The number of carbonyl (C=O) groups excluding carboxylic acids is 1. The van der Waals surface area contributed by atoms with Crippen molar-refractivity contribution in [2.75, 3.05) is 10.6 Å². The zero-order valence-electron chi connectivity index (χ0n) is 14.2. The third-order valence-electron chi connectivity index (χ3n) is 3.82. The van der Waals surface area contributed by atoms with Gasteiger partial charge in [-0.3, -0.25) is 14.8 Å². The minimum absolute atomic E-state index is 0.167. The molecule has 0 aliphatic heterocycles. The number of nitrogens with one attached hydrogen (secondary N) is 2. The Kier molecular flexibility index (Phi) is 4.84. The number of hydrogen-bond donors (Lipinski definition) is 2. The minimum Gasteiger partial charge on any atom is -0.332 e. The van der Waals surface area contributed by atoms with Crippen LogP contribution >= 0.6 is 11.3 Å². The zero-order chi connectivity index (χ0) is 18.5. The van der Waals surface area contributed by atoms with Crippen molar-refractivity contribution in [1.29, 1.82) is 0 Å². The molecule has 7 heteroatoms. The summed E-state index contributed by atoms with van der Waals surface area (Å²) in [5.74, 6) is -0.167. The minimum atomic E-state index is -0.167. The molecule has 4 aromatic rings. The molecule has 0 aliphatic carbocycles. The first-order chi connectivity index (χ1) is 13.3. The van der Waals surface area contributed by atoms with E-state index >= 15 is 0 Å². The van der Waals surface area contributed by atoms with Crippen LogP contribution in [-0.2, 0) is 0 Å². The fourth-order valence-corrected chi connectivity index (χ4v) is 3.19. The second-order valence-electron chi connectivity index (χ2n) is 5.67. The van der Waals surface area contributed by atoms with Gasteiger partial charge in [0, 0.05) is 52.7 Å². The van der Waals surface area contributed by atoms with Gasteiger partial charge in [0.15, 0.2) is 5.13 Å². The van der Waals surface area contributed by atoms with Crippen LogP contribution in [0.1, 0.15) is 10.4 Å². The molecule has 1 amide bonds. The number of anilines is 3. The molecule has 0 radical (unpaired) electrons. The van der Waals surface area contributed by atoms with E-state index in [0.29, 0.717) is 5.56 Å². The summed E-state index contributed by atoms with van der Waals surface area (Å²) < 4.78 is 0. The molecule has 0 aliphatic rings. The van der Waals surface area contributed by atoms with E-state index in [1.165, 1.54) is 11.3 Å². The Hall–Kier alpha value is -3.58. The third kappa shape index (κ3) is 4.16. The lowest BCUT2D eigenvalue weighted by Gasteiger charge is -2.07. The maximum atomic E-state index is 12.2. The Morgan fingerprint density at radius 2 is 1.44 bits per heavy atom. The van der Waals surface area contributed by atoms with Crippen molar-refractivity contribution in [3.8, 4) is 11.3 Å². The van der Waals surface area contributed by atoms with Crippen LogP contribution in [0, 0.1) is 0 Å². The predicted molar refractivity (Wildman–Crippen MR) is 107 cm³/mol. The van der Waals surface area contributed by atoms with Crippen molar-refractivity contribution < 1.29 is 4.79 Å². The molecule has 0 unspecified atom stereocenters. The van der Waals surface area contributed by atoms with Crippen LogP contribution in [-0.4, -0.2) is 20.9 Å². The Balaban J connectivity index is 1.41. The van der Waals surface area contributed by atoms with Crippen molar-refractivity contribution in [1.82, 2.24) is 15.0 Å². The zero-order valence-corrected chi connectivity index (χ0v) is 15.0. The maximum absolute atomic E-state index is 12.2. The number of thiazole rings is 1. The van der Waals surface area contributed by atoms with Crippen molar-refractivity contribution >= 4 is 33.8 Å². The number of rotatable bonds is 5. The molecule has 132 valence electrons. The lowest BCUT2D eigenvalue weighted by atomic mass is 10.2. The SMILES string of the molecule is O=C(Nc1ccc(Nc2nc(-c3ccncc3)cs2)cc1)c1ccncc1. The first-order valence-corrected chi connectivity index (χ1v) is 9.10. The number of benzene rings is 1. The highest BCUT2D eigenvalue weighted by Gasteiger charge is 2.07. The highest BCUT2D eigenvalue weighted by molar-refractivity contribution is 7.14. The molecule has 3 heterocycles. The van der Waals surface area contributed by atoms with E-state index in [2.05, 4.69) is 25.6 Å². The first-order valence-electron chi connectivity index (χ1n) is 8.22. The van der Waals surface area contributed by atoms with Crippen LogP contribution in [0.25, 0.3) is 11.3 Å². The molecule has 0 saturated carbocycles. The van der Waals surface area contributed by atoms with Crippen LogP contribution in [0.4, 0.5) is 16.5 Å². The summed E-state index contributed by atoms with van der Waals surface area (Å²) in [4.78, 5) is 24.7. The largest absolute Gasteiger partial charge is 0.332 e. The summed E-state index contributed by atoms with van der Waals surface area (Å²) in [5.41, 5.74) is 4.12. The summed E-state index contributed by atoms with van der Waals surface area (Å²) >= 11 is 1.53. The summed E-state index contributed by atoms with van der Waals surface area (Å²) in [7, 11) is 0.